The SMILES string of the molecule is COC(=O)C1=C(CN2CCSCC2)NC(=O)N[C@H]1c1ccc(C)cc1. The van der Waals surface area contributed by atoms with E-state index in [4.69, 9.17) is 4.74 Å². The standard InChI is InChI=1S/C18H23N3O3S/c1-12-3-5-13(6-4-12)16-15(17(22)24-2)14(19-18(23)20-16)11-21-7-9-25-10-8-21/h3-6,16H,7-11H2,1-2H3,(H2,19,20,23)/t16-/m0/s1. The van der Waals surface area contributed by atoms with Crippen LogP contribution in [0.2, 0.25) is 0 Å². The van der Waals surface area contributed by atoms with Crippen LogP contribution in [0, 0.1) is 6.92 Å². The zero-order chi connectivity index (χ0) is 17.8. The van der Waals surface area contributed by atoms with Crippen molar-refractivity contribution in [2.24, 2.45) is 0 Å². The number of urea groups is 1. The third kappa shape index (κ3) is 4.16. The maximum atomic E-state index is 12.5. The normalized spacial score (nSPS) is 21.5. The zero-order valence-electron chi connectivity index (χ0n) is 14.5. The third-order valence-corrected chi connectivity index (χ3v) is 5.40. The van der Waals surface area contributed by atoms with Gasteiger partial charge in [0.1, 0.15) is 0 Å². The number of benzene rings is 1. The van der Waals surface area contributed by atoms with E-state index in [9.17, 15) is 9.59 Å². The molecule has 2 heterocycles. The lowest BCUT2D eigenvalue weighted by Gasteiger charge is -2.33. The third-order valence-electron chi connectivity index (χ3n) is 4.46. The molecule has 0 spiro atoms. The molecule has 0 aromatic heterocycles. The quantitative estimate of drug-likeness (QED) is 0.801. The van der Waals surface area contributed by atoms with Crippen molar-refractivity contribution in [2.45, 2.75) is 13.0 Å². The van der Waals surface area contributed by atoms with Crippen LogP contribution in [0.25, 0.3) is 0 Å². The van der Waals surface area contributed by atoms with Gasteiger partial charge in [-0.25, -0.2) is 9.59 Å². The highest BCUT2D eigenvalue weighted by molar-refractivity contribution is 7.99. The fourth-order valence-electron chi connectivity index (χ4n) is 3.09. The molecule has 0 radical (unpaired) electrons. The molecule has 3 rings (SSSR count). The number of ether oxygens (including phenoxy) is 1. The number of aryl methyl sites for hydroxylation is 1. The van der Waals surface area contributed by atoms with Crippen LogP contribution in [0.3, 0.4) is 0 Å². The maximum absolute atomic E-state index is 12.5. The van der Waals surface area contributed by atoms with Crippen LogP contribution >= 0.6 is 11.8 Å². The monoisotopic (exact) mass is 361 g/mol. The molecular weight excluding hydrogens is 338 g/mol. The number of thioether (sulfide) groups is 1. The lowest BCUT2D eigenvalue weighted by Crippen LogP contribution is -2.49. The summed E-state index contributed by atoms with van der Waals surface area (Å²) in [5.74, 6) is 1.71. The van der Waals surface area contributed by atoms with Gasteiger partial charge in [-0.2, -0.15) is 11.8 Å². The molecule has 1 aromatic rings. The van der Waals surface area contributed by atoms with Gasteiger partial charge < -0.3 is 15.4 Å². The van der Waals surface area contributed by atoms with E-state index < -0.39 is 12.0 Å². The Bertz CT molecular complexity index is 681. The number of nitrogens with zero attached hydrogens (tertiary/aromatic N) is 1. The second-order valence-electron chi connectivity index (χ2n) is 6.21. The summed E-state index contributed by atoms with van der Waals surface area (Å²) in [6.45, 7) is 4.44. The van der Waals surface area contributed by atoms with Crippen LogP contribution < -0.4 is 10.6 Å². The number of hydrogen-bond donors (Lipinski definition) is 2. The predicted molar refractivity (Wildman–Crippen MR) is 98.4 cm³/mol. The number of esters is 1. The van der Waals surface area contributed by atoms with Crippen molar-refractivity contribution < 1.29 is 14.3 Å². The first kappa shape index (κ1) is 17.8. The summed E-state index contributed by atoms with van der Waals surface area (Å²) in [6.07, 6.45) is 0. The highest BCUT2D eigenvalue weighted by Crippen LogP contribution is 2.28. The minimum Gasteiger partial charge on any atom is -0.466 e. The van der Waals surface area contributed by atoms with Crippen molar-refractivity contribution in [3.8, 4) is 0 Å². The Balaban J connectivity index is 1.96. The lowest BCUT2D eigenvalue weighted by molar-refractivity contribution is -0.136. The van der Waals surface area contributed by atoms with E-state index in [0.717, 1.165) is 35.7 Å². The largest absolute Gasteiger partial charge is 0.466 e. The van der Waals surface area contributed by atoms with Crippen LogP contribution in [0.1, 0.15) is 17.2 Å². The molecule has 0 aliphatic carbocycles. The summed E-state index contributed by atoms with van der Waals surface area (Å²) >= 11 is 1.92. The van der Waals surface area contributed by atoms with Gasteiger partial charge in [-0.15, -0.1) is 0 Å². The molecule has 0 saturated carbocycles. The molecule has 1 fully saturated rings. The van der Waals surface area contributed by atoms with Crippen LogP contribution in [0.4, 0.5) is 4.79 Å². The molecule has 2 N–H and O–H groups in total. The second-order valence-corrected chi connectivity index (χ2v) is 7.44. The molecule has 134 valence electrons. The van der Waals surface area contributed by atoms with E-state index in [1.54, 1.807) is 0 Å². The minimum atomic E-state index is -0.504. The minimum absolute atomic E-state index is 0.292. The van der Waals surface area contributed by atoms with E-state index in [2.05, 4.69) is 15.5 Å². The first-order valence-electron chi connectivity index (χ1n) is 8.34. The Kier molecular flexibility index (Phi) is 5.65. The Labute approximate surface area is 152 Å². The molecule has 7 heteroatoms. The zero-order valence-corrected chi connectivity index (χ0v) is 15.3. The van der Waals surface area contributed by atoms with E-state index in [0.29, 0.717) is 17.8 Å². The average molecular weight is 361 g/mol. The molecule has 0 bridgehead atoms. The van der Waals surface area contributed by atoms with Crippen LogP contribution in [-0.4, -0.2) is 55.2 Å². The van der Waals surface area contributed by atoms with Crippen molar-refractivity contribution in [3.63, 3.8) is 0 Å². The Morgan fingerprint density at radius 1 is 1.28 bits per heavy atom. The van der Waals surface area contributed by atoms with E-state index >= 15 is 0 Å². The van der Waals surface area contributed by atoms with Crippen molar-refractivity contribution >= 4 is 23.8 Å². The first-order chi connectivity index (χ1) is 12.1. The van der Waals surface area contributed by atoms with Crippen LogP contribution in [0.5, 0.6) is 0 Å². The summed E-state index contributed by atoms with van der Waals surface area (Å²) in [5, 5.41) is 5.67. The smallest absolute Gasteiger partial charge is 0.338 e. The summed E-state index contributed by atoms with van der Waals surface area (Å²) in [6, 6.07) is 7.02. The molecule has 25 heavy (non-hydrogen) atoms. The number of carbonyl (C=O) groups is 2. The van der Waals surface area contributed by atoms with Crippen molar-refractivity contribution in [1.82, 2.24) is 15.5 Å². The molecule has 2 aliphatic rings. The molecule has 6 nitrogen and oxygen atoms in total. The fraction of sp³-hybridized carbons (Fsp3) is 0.444. The Morgan fingerprint density at radius 2 is 1.96 bits per heavy atom. The molecule has 0 unspecified atom stereocenters. The highest BCUT2D eigenvalue weighted by atomic mass is 32.2. The number of rotatable bonds is 4. The Hall–Kier alpha value is -1.99. The Morgan fingerprint density at radius 3 is 2.60 bits per heavy atom. The number of methoxy groups -OCH3 is 1. The van der Waals surface area contributed by atoms with Crippen LogP contribution in [-0.2, 0) is 9.53 Å². The van der Waals surface area contributed by atoms with Crippen molar-refractivity contribution in [2.75, 3.05) is 38.2 Å². The highest BCUT2D eigenvalue weighted by Gasteiger charge is 2.34. The van der Waals surface area contributed by atoms with Gasteiger partial charge in [0.2, 0.25) is 0 Å². The molecule has 1 atom stereocenters. The van der Waals surface area contributed by atoms with Gasteiger partial charge in [0, 0.05) is 36.8 Å². The summed E-state index contributed by atoms with van der Waals surface area (Å²) in [7, 11) is 1.37. The molecule has 2 aliphatic heterocycles. The second kappa shape index (κ2) is 7.93. The summed E-state index contributed by atoms with van der Waals surface area (Å²) in [5.41, 5.74) is 3.10. The van der Waals surface area contributed by atoms with Gasteiger partial charge in [-0.3, -0.25) is 4.90 Å². The number of hydrogen-bond acceptors (Lipinski definition) is 5. The molecule has 2 amide bonds. The molecular formula is C18H23N3O3S. The van der Waals surface area contributed by atoms with Crippen molar-refractivity contribution in [1.29, 1.82) is 0 Å². The molecule has 1 saturated heterocycles. The van der Waals surface area contributed by atoms with Gasteiger partial charge in [-0.1, -0.05) is 29.8 Å². The molecule has 1 aromatic carbocycles. The van der Waals surface area contributed by atoms with Gasteiger partial charge in [0.25, 0.3) is 0 Å². The van der Waals surface area contributed by atoms with Crippen molar-refractivity contribution in [3.05, 3.63) is 46.7 Å². The van der Waals surface area contributed by atoms with E-state index in [1.165, 1.54) is 7.11 Å². The van der Waals surface area contributed by atoms with Gasteiger partial charge >= 0.3 is 12.0 Å². The topological polar surface area (TPSA) is 70.7 Å². The van der Waals surface area contributed by atoms with Gasteiger partial charge in [0.05, 0.1) is 18.7 Å². The van der Waals surface area contributed by atoms with E-state index in [1.807, 2.05) is 43.0 Å². The fourth-order valence-corrected chi connectivity index (χ4v) is 4.06. The van der Waals surface area contributed by atoms with Gasteiger partial charge in [-0.05, 0) is 12.5 Å². The van der Waals surface area contributed by atoms with Crippen LogP contribution in [0.15, 0.2) is 35.5 Å². The van der Waals surface area contributed by atoms with Gasteiger partial charge in [0.15, 0.2) is 0 Å². The van der Waals surface area contributed by atoms with E-state index in [-0.39, 0.29) is 6.03 Å². The number of carbonyl (C=O) groups excluding carboxylic acids is 2. The maximum Gasteiger partial charge on any atom is 0.338 e. The first-order valence-corrected chi connectivity index (χ1v) is 9.49. The number of amides is 2. The predicted octanol–water partition coefficient (Wildman–Crippen LogP) is 1.82. The lowest BCUT2D eigenvalue weighted by atomic mass is 9.94. The number of nitrogens with one attached hydrogen (secondary N) is 2. The average Bonchev–Trinajstić information content (AvgIpc) is 2.62. The summed E-state index contributed by atoms with van der Waals surface area (Å²) in [4.78, 5) is 26.9. The summed E-state index contributed by atoms with van der Waals surface area (Å²) < 4.78 is 5.01.